The van der Waals surface area contributed by atoms with E-state index in [1.807, 2.05) is 0 Å². The van der Waals surface area contributed by atoms with Gasteiger partial charge in [0.25, 0.3) is 0 Å². The molecule has 0 unspecified atom stereocenters. The number of esters is 1. The summed E-state index contributed by atoms with van der Waals surface area (Å²) >= 11 is 0. The molecule has 0 aromatic rings. The number of ether oxygens (including phenoxy) is 3. The van der Waals surface area contributed by atoms with E-state index in [0.29, 0.717) is 6.42 Å². The fraction of sp³-hybridized carbons (Fsp3) is 0.818. The molecule has 0 saturated carbocycles. The molecule has 1 rings (SSSR count). The number of carbonyl (C=O) groups excluding carboxylic acids is 2. The predicted octanol–water partition coefficient (Wildman–Crippen LogP) is 0.204. The summed E-state index contributed by atoms with van der Waals surface area (Å²) in [6.07, 6.45) is -0.640. The Morgan fingerprint density at radius 2 is 2.06 bits per heavy atom. The van der Waals surface area contributed by atoms with E-state index in [0.717, 1.165) is 0 Å². The van der Waals surface area contributed by atoms with E-state index in [1.165, 1.54) is 21.0 Å². The molecule has 0 radical (unpaired) electrons. The Balaban J connectivity index is 2.65. The van der Waals surface area contributed by atoms with Crippen LogP contribution in [0.3, 0.4) is 0 Å². The number of amides is 1. The molecule has 17 heavy (non-hydrogen) atoms. The highest BCUT2D eigenvalue weighted by molar-refractivity contribution is 5.73. The number of hydrogen-bond donors (Lipinski definition) is 1. The lowest BCUT2D eigenvalue weighted by atomic mass is 10.1. The third-order valence-electron chi connectivity index (χ3n) is 2.62. The summed E-state index contributed by atoms with van der Waals surface area (Å²) in [5.41, 5.74) is 0. The highest BCUT2D eigenvalue weighted by atomic mass is 16.7. The van der Waals surface area contributed by atoms with Crippen molar-refractivity contribution in [2.45, 2.75) is 51.7 Å². The van der Waals surface area contributed by atoms with Crippen LogP contribution < -0.4 is 5.32 Å². The second-order valence-corrected chi connectivity index (χ2v) is 4.12. The first-order valence-electron chi connectivity index (χ1n) is 5.56. The lowest BCUT2D eigenvalue weighted by molar-refractivity contribution is -0.166. The van der Waals surface area contributed by atoms with Crippen molar-refractivity contribution in [3.8, 4) is 0 Å². The number of methoxy groups -OCH3 is 1. The van der Waals surface area contributed by atoms with Crippen LogP contribution in [0.4, 0.5) is 0 Å². The van der Waals surface area contributed by atoms with Gasteiger partial charge in [-0.05, 0) is 6.92 Å². The van der Waals surface area contributed by atoms with Crippen molar-refractivity contribution in [2.24, 2.45) is 0 Å². The SMILES string of the molecule is CO[C@H]1C[C@H](NC(C)=O)[C@@H]([C@@H](C)OC(C)=O)O1. The Kier molecular flexibility index (Phi) is 4.89. The minimum atomic E-state index is -0.426. The zero-order valence-corrected chi connectivity index (χ0v) is 10.6. The Morgan fingerprint density at radius 1 is 1.41 bits per heavy atom. The van der Waals surface area contributed by atoms with Crippen molar-refractivity contribution in [3.63, 3.8) is 0 Å². The third kappa shape index (κ3) is 3.98. The smallest absolute Gasteiger partial charge is 0.302 e. The Hall–Kier alpha value is -1.14. The van der Waals surface area contributed by atoms with Gasteiger partial charge in [-0.3, -0.25) is 9.59 Å². The fourth-order valence-corrected chi connectivity index (χ4v) is 1.99. The molecule has 1 aliphatic heterocycles. The van der Waals surface area contributed by atoms with Gasteiger partial charge in [-0.2, -0.15) is 0 Å². The Morgan fingerprint density at radius 3 is 2.53 bits per heavy atom. The van der Waals surface area contributed by atoms with Crippen LogP contribution in [0, 0.1) is 0 Å². The zero-order valence-electron chi connectivity index (χ0n) is 10.6. The van der Waals surface area contributed by atoms with Crippen LogP contribution in [0.15, 0.2) is 0 Å². The number of hydrogen-bond acceptors (Lipinski definition) is 5. The summed E-state index contributed by atoms with van der Waals surface area (Å²) in [5, 5.41) is 2.78. The van der Waals surface area contributed by atoms with Crippen molar-refractivity contribution >= 4 is 11.9 Å². The van der Waals surface area contributed by atoms with E-state index in [9.17, 15) is 9.59 Å². The third-order valence-corrected chi connectivity index (χ3v) is 2.62. The summed E-state index contributed by atoms with van der Waals surface area (Å²) in [5.74, 6) is -0.515. The van der Waals surface area contributed by atoms with Gasteiger partial charge in [-0.25, -0.2) is 0 Å². The normalized spacial score (nSPS) is 29.8. The molecule has 1 amide bonds. The molecule has 4 atom stereocenters. The van der Waals surface area contributed by atoms with Crippen LogP contribution in [0.2, 0.25) is 0 Å². The summed E-state index contributed by atoms with van der Waals surface area (Å²) in [7, 11) is 1.54. The van der Waals surface area contributed by atoms with Crippen LogP contribution in [-0.2, 0) is 23.8 Å². The zero-order chi connectivity index (χ0) is 13.0. The van der Waals surface area contributed by atoms with Gasteiger partial charge in [0.2, 0.25) is 5.91 Å². The Bertz CT molecular complexity index is 294. The summed E-state index contributed by atoms with van der Waals surface area (Å²) < 4.78 is 15.7. The van der Waals surface area contributed by atoms with Crippen molar-refractivity contribution < 1.29 is 23.8 Å². The van der Waals surface area contributed by atoms with Gasteiger partial charge in [0.15, 0.2) is 6.29 Å². The minimum absolute atomic E-state index is 0.143. The van der Waals surface area contributed by atoms with E-state index in [-0.39, 0.29) is 30.3 Å². The molecule has 0 aromatic heterocycles. The van der Waals surface area contributed by atoms with E-state index in [1.54, 1.807) is 6.92 Å². The maximum absolute atomic E-state index is 11.1. The van der Waals surface area contributed by atoms with Gasteiger partial charge >= 0.3 is 5.97 Å². The molecule has 1 saturated heterocycles. The average Bonchev–Trinajstić information content (AvgIpc) is 2.59. The number of rotatable bonds is 4. The van der Waals surface area contributed by atoms with Gasteiger partial charge in [0.1, 0.15) is 12.2 Å². The van der Waals surface area contributed by atoms with Crippen molar-refractivity contribution in [3.05, 3.63) is 0 Å². The van der Waals surface area contributed by atoms with Gasteiger partial charge in [-0.1, -0.05) is 0 Å². The van der Waals surface area contributed by atoms with Gasteiger partial charge in [0, 0.05) is 27.4 Å². The van der Waals surface area contributed by atoms with Gasteiger partial charge in [0.05, 0.1) is 6.04 Å². The van der Waals surface area contributed by atoms with Crippen molar-refractivity contribution in [1.82, 2.24) is 5.32 Å². The monoisotopic (exact) mass is 245 g/mol. The second-order valence-electron chi connectivity index (χ2n) is 4.12. The molecule has 1 heterocycles. The molecule has 1 N–H and O–H groups in total. The first-order valence-corrected chi connectivity index (χ1v) is 5.56. The minimum Gasteiger partial charge on any atom is -0.460 e. The second kappa shape index (κ2) is 5.97. The van der Waals surface area contributed by atoms with Crippen molar-refractivity contribution in [1.29, 1.82) is 0 Å². The first kappa shape index (κ1) is 13.9. The maximum Gasteiger partial charge on any atom is 0.302 e. The van der Waals surface area contributed by atoms with Crippen LogP contribution in [0.25, 0.3) is 0 Å². The molecule has 0 aromatic carbocycles. The largest absolute Gasteiger partial charge is 0.460 e. The summed E-state index contributed by atoms with van der Waals surface area (Å²) in [6.45, 7) is 4.51. The highest BCUT2D eigenvalue weighted by Gasteiger charge is 2.40. The molecule has 0 bridgehead atoms. The predicted molar refractivity (Wildman–Crippen MR) is 59.1 cm³/mol. The van der Waals surface area contributed by atoms with Crippen LogP contribution in [0.1, 0.15) is 27.2 Å². The average molecular weight is 245 g/mol. The molecule has 6 heteroatoms. The molecule has 6 nitrogen and oxygen atoms in total. The van der Waals surface area contributed by atoms with E-state index in [4.69, 9.17) is 14.2 Å². The Labute approximate surface area is 101 Å². The lowest BCUT2D eigenvalue weighted by Gasteiger charge is -2.24. The van der Waals surface area contributed by atoms with Crippen molar-refractivity contribution in [2.75, 3.05) is 7.11 Å². The van der Waals surface area contributed by atoms with E-state index >= 15 is 0 Å². The van der Waals surface area contributed by atoms with E-state index < -0.39 is 6.10 Å². The molecule has 0 spiro atoms. The standard InChI is InChI=1S/C11H19NO5/c1-6(16-8(3)14)11-9(12-7(2)13)5-10(15-4)17-11/h6,9-11H,5H2,1-4H3,(H,12,13)/t6-,9+,10-,11-/m1/s1. The summed E-state index contributed by atoms with van der Waals surface area (Å²) in [6, 6.07) is -0.202. The van der Waals surface area contributed by atoms with Gasteiger partial charge < -0.3 is 19.5 Å². The molecule has 1 aliphatic rings. The van der Waals surface area contributed by atoms with Gasteiger partial charge in [-0.15, -0.1) is 0 Å². The molecule has 98 valence electrons. The van der Waals surface area contributed by atoms with Crippen LogP contribution in [0.5, 0.6) is 0 Å². The van der Waals surface area contributed by atoms with Crippen LogP contribution in [-0.4, -0.2) is 43.5 Å². The first-order chi connectivity index (χ1) is 7.93. The lowest BCUT2D eigenvalue weighted by Crippen LogP contribution is -2.45. The molecular formula is C11H19NO5. The number of carbonyl (C=O) groups is 2. The summed E-state index contributed by atoms with van der Waals surface area (Å²) in [4.78, 5) is 22.0. The molecular weight excluding hydrogens is 226 g/mol. The molecule has 0 aliphatic carbocycles. The topological polar surface area (TPSA) is 73.9 Å². The molecule has 1 fully saturated rings. The number of nitrogens with one attached hydrogen (secondary N) is 1. The van der Waals surface area contributed by atoms with Crippen LogP contribution >= 0.6 is 0 Å². The van der Waals surface area contributed by atoms with E-state index in [2.05, 4.69) is 5.32 Å². The fourth-order valence-electron chi connectivity index (χ4n) is 1.99. The maximum atomic E-state index is 11.1. The highest BCUT2D eigenvalue weighted by Crippen LogP contribution is 2.24. The quantitative estimate of drug-likeness (QED) is 0.716.